The number of aliphatic hydroxyl groups excluding tert-OH is 1. The van der Waals surface area contributed by atoms with Crippen molar-refractivity contribution in [1.29, 1.82) is 0 Å². The summed E-state index contributed by atoms with van der Waals surface area (Å²) in [4.78, 5) is 0. The van der Waals surface area contributed by atoms with Crippen molar-refractivity contribution in [1.82, 2.24) is 0 Å². The van der Waals surface area contributed by atoms with Crippen molar-refractivity contribution in [2.24, 2.45) is 5.41 Å². The summed E-state index contributed by atoms with van der Waals surface area (Å²) in [7, 11) is -1.72. The summed E-state index contributed by atoms with van der Waals surface area (Å²) < 4.78 is 6.73. The third-order valence-corrected chi connectivity index (χ3v) is 11.6. The van der Waals surface area contributed by atoms with Crippen LogP contribution < -0.4 is 0 Å². The van der Waals surface area contributed by atoms with Crippen LogP contribution in [0.5, 0.6) is 0 Å². The molecule has 0 saturated heterocycles. The maximum absolute atomic E-state index is 9.89. The maximum Gasteiger partial charge on any atom is 0.192 e. The number of hydrogen-bond donors (Lipinski definition) is 1. The molecule has 1 unspecified atom stereocenters. The summed E-state index contributed by atoms with van der Waals surface area (Å²) in [5.74, 6) is 0. The maximum atomic E-state index is 9.89. The predicted molar refractivity (Wildman–Crippen MR) is 110 cm³/mol. The van der Waals surface area contributed by atoms with Crippen molar-refractivity contribution in [2.45, 2.75) is 104 Å². The zero-order valence-electron chi connectivity index (χ0n) is 17.7. The second-order valence-electron chi connectivity index (χ2n) is 10.1. The van der Waals surface area contributed by atoms with Crippen LogP contribution in [0, 0.1) is 5.41 Å². The Labute approximate surface area is 156 Å². The minimum absolute atomic E-state index is 0.169. The van der Waals surface area contributed by atoms with Gasteiger partial charge in [0.1, 0.15) is 0 Å². The van der Waals surface area contributed by atoms with E-state index in [2.05, 4.69) is 53.8 Å². The average molecular weight is 365 g/mol. The highest BCUT2D eigenvalue weighted by Gasteiger charge is 2.41. The Morgan fingerprint density at radius 2 is 2.00 bits per heavy atom. The summed E-state index contributed by atoms with van der Waals surface area (Å²) >= 11 is 0. The van der Waals surface area contributed by atoms with Gasteiger partial charge in [-0.05, 0) is 86.6 Å². The van der Waals surface area contributed by atoms with E-state index < -0.39 is 8.32 Å². The molecule has 144 valence electrons. The largest absolute Gasteiger partial charge is 0.410 e. The van der Waals surface area contributed by atoms with Crippen molar-refractivity contribution in [3.8, 4) is 0 Å². The molecule has 0 aromatic rings. The summed E-state index contributed by atoms with van der Waals surface area (Å²) in [6.07, 6.45) is 11.0. The molecule has 1 N–H and O–H groups in total. The fourth-order valence-corrected chi connectivity index (χ4v) is 5.58. The molecule has 0 fully saturated rings. The van der Waals surface area contributed by atoms with Crippen LogP contribution in [-0.2, 0) is 4.43 Å². The molecule has 0 aromatic carbocycles. The van der Waals surface area contributed by atoms with Crippen molar-refractivity contribution in [3.05, 3.63) is 22.8 Å². The Bertz CT molecular complexity index is 539. The van der Waals surface area contributed by atoms with E-state index >= 15 is 0 Å². The first-order chi connectivity index (χ1) is 11.5. The molecular weight excluding hydrogens is 324 g/mol. The van der Waals surface area contributed by atoms with Crippen LogP contribution in [0.25, 0.3) is 0 Å². The molecule has 3 heteroatoms. The van der Waals surface area contributed by atoms with Gasteiger partial charge in [0, 0.05) is 0 Å². The van der Waals surface area contributed by atoms with Gasteiger partial charge in [-0.3, -0.25) is 0 Å². The van der Waals surface area contributed by atoms with E-state index in [0.29, 0.717) is 6.10 Å². The quantitative estimate of drug-likeness (QED) is 0.438. The van der Waals surface area contributed by atoms with E-state index in [1.54, 1.807) is 0 Å². The van der Waals surface area contributed by atoms with E-state index in [-0.39, 0.29) is 17.1 Å². The van der Waals surface area contributed by atoms with E-state index in [0.717, 1.165) is 32.1 Å². The van der Waals surface area contributed by atoms with Gasteiger partial charge in [-0.25, -0.2) is 0 Å². The van der Waals surface area contributed by atoms with Gasteiger partial charge >= 0.3 is 0 Å². The first-order valence-electron chi connectivity index (χ1n) is 10.2. The molecule has 0 aliphatic heterocycles. The lowest BCUT2D eigenvalue weighted by Crippen LogP contribution is -2.44. The topological polar surface area (TPSA) is 29.5 Å². The second kappa shape index (κ2) is 7.70. The fraction of sp³-hybridized carbons (Fsp3) is 0.818. The lowest BCUT2D eigenvalue weighted by atomic mass is 9.68. The van der Waals surface area contributed by atoms with Crippen LogP contribution in [0.4, 0.5) is 0 Å². The first kappa shape index (κ1) is 20.9. The molecule has 0 saturated carbocycles. The first-order valence-corrected chi connectivity index (χ1v) is 13.1. The molecule has 0 amide bonds. The van der Waals surface area contributed by atoms with Crippen molar-refractivity contribution < 1.29 is 9.53 Å². The SMILES string of the molecule is CC1=C(CO)[C@](C)(CCC2=CCCC2O[Si](C)(C)C(C)(C)C)CCC1. The van der Waals surface area contributed by atoms with E-state index in [9.17, 15) is 5.11 Å². The molecule has 2 nitrogen and oxygen atoms in total. The van der Waals surface area contributed by atoms with E-state index in [1.165, 1.54) is 29.6 Å². The lowest BCUT2D eigenvalue weighted by molar-refractivity contribution is 0.201. The van der Waals surface area contributed by atoms with Crippen molar-refractivity contribution in [2.75, 3.05) is 6.61 Å². The van der Waals surface area contributed by atoms with Crippen LogP contribution in [0.15, 0.2) is 22.8 Å². The lowest BCUT2D eigenvalue weighted by Gasteiger charge is -2.40. The van der Waals surface area contributed by atoms with Gasteiger partial charge < -0.3 is 9.53 Å². The van der Waals surface area contributed by atoms with Crippen LogP contribution in [0.1, 0.15) is 79.6 Å². The van der Waals surface area contributed by atoms with Gasteiger partial charge in [0.2, 0.25) is 0 Å². The molecule has 2 aliphatic carbocycles. The Morgan fingerprint density at radius 1 is 1.32 bits per heavy atom. The molecule has 0 aromatic heterocycles. The second-order valence-corrected chi connectivity index (χ2v) is 14.8. The predicted octanol–water partition coefficient (Wildman–Crippen LogP) is 6.38. The third kappa shape index (κ3) is 4.67. The molecule has 2 aliphatic rings. The average Bonchev–Trinajstić information content (AvgIpc) is 2.91. The Balaban J connectivity index is 2.04. The number of allylic oxidation sites excluding steroid dienone is 2. The van der Waals surface area contributed by atoms with Crippen molar-refractivity contribution >= 4 is 8.32 Å². The van der Waals surface area contributed by atoms with Gasteiger partial charge in [0.15, 0.2) is 8.32 Å². The minimum Gasteiger partial charge on any atom is -0.410 e. The zero-order chi connectivity index (χ0) is 18.9. The number of aliphatic hydroxyl groups is 1. The van der Waals surface area contributed by atoms with Gasteiger partial charge in [-0.1, -0.05) is 39.3 Å². The van der Waals surface area contributed by atoms with Crippen LogP contribution >= 0.6 is 0 Å². The van der Waals surface area contributed by atoms with Gasteiger partial charge in [0.05, 0.1) is 12.7 Å². The van der Waals surface area contributed by atoms with Crippen LogP contribution in [-0.4, -0.2) is 26.1 Å². The minimum atomic E-state index is -1.72. The molecule has 0 bridgehead atoms. The standard InChI is InChI=1S/C22H40O2Si/c1-17-10-9-14-22(5,19(17)16-23)15-13-18-11-8-12-20(18)24-25(6,7)21(2,3)4/h11,20,23H,8-10,12-16H2,1-7H3/t20?,22-/m0/s1. The third-order valence-electron chi connectivity index (χ3n) is 7.14. The highest BCUT2D eigenvalue weighted by molar-refractivity contribution is 6.74. The van der Waals surface area contributed by atoms with Crippen molar-refractivity contribution in [3.63, 3.8) is 0 Å². The summed E-state index contributed by atoms with van der Waals surface area (Å²) in [5.41, 5.74) is 4.42. The normalized spacial score (nSPS) is 28.5. The number of rotatable bonds is 6. The molecule has 0 radical (unpaired) electrons. The van der Waals surface area contributed by atoms with Gasteiger partial charge in [-0.15, -0.1) is 0 Å². The van der Waals surface area contributed by atoms with E-state index in [1.807, 2.05) is 0 Å². The Kier molecular flexibility index (Phi) is 6.44. The van der Waals surface area contributed by atoms with Crippen LogP contribution in [0.3, 0.4) is 0 Å². The molecule has 25 heavy (non-hydrogen) atoms. The highest BCUT2D eigenvalue weighted by Crippen LogP contribution is 2.46. The summed E-state index contributed by atoms with van der Waals surface area (Å²) in [6, 6.07) is 0. The molecule has 2 atom stereocenters. The molecule has 0 heterocycles. The van der Waals surface area contributed by atoms with E-state index in [4.69, 9.17) is 4.43 Å². The monoisotopic (exact) mass is 364 g/mol. The zero-order valence-corrected chi connectivity index (χ0v) is 18.7. The fourth-order valence-electron chi connectivity index (χ4n) is 4.25. The highest BCUT2D eigenvalue weighted by atomic mass is 28.4. The summed E-state index contributed by atoms with van der Waals surface area (Å²) in [5, 5.41) is 10.2. The summed E-state index contributed by atoms with van der Waals surface area (Å²) in [6.45, 7) is 16.5. The van der Waals surface area contributed by atoms with Crippen LogP contribution in [0.2, 0.25) is 18.1 Å². The Hall–Kier alpha value is -0.383. The molecule has 0 spiro atoms. The molecule has 2 rings (SSSR count). The van der Waals surface area contributed by atoms with Gasteiger partial charge in [-0.2, -0.15) is 0 Å². The van der Waals surface area contributed by atoms with Gasteiger partial charge in [0.25, 0.3) is 0 Å². The Morgan fingerprint density at radius 3 is 2.60 bits per heavy atom. The number of hydrogen-bond acceptors (Lipinski definition) is 2. The smallest absolute Gasteiger partial charge is 0.192 e. The molecular formula is C22H40O2Si.